The van der Waals surface area contributed by atoms with Crippen molar-refractivity contribution in [3.63, 3.8) is 0 Å². The molecule has 128 valence electrons. The molecule has 0 aliphatic rings. The molecule has 0 aliphatic carbocycles. The normalized spacial score (nSPS) is 11.0. The number of rotatable bonds is 3. The average molecular weight is 418 g/mol. The number of benzene rings is 2. The zero-order valence-electron chi connectivity index (χ0n) is 12.3. The topological polar surface area (TPSA) is 72.2 Å². The SMILES string of the molecule is O=C(O)c1nn(Cc2ccc(Cl)c(Cl)c2)c(=O)c2cc(Cl)c(Cl)cc12. The molecule has 0 unspecified atom stereocenters. The number of hydrogen-bond acceptors (Lipinski definition) is 3. The number of aromatic nitrogens is 2. The zero-order valence-corrected chi connectivity index (χ0v) is 15.3. The first kappa shape index (κ1) is 18.0. The lowest BCUT2D eigenvalue weighted by Gasteiger charge is -2.10. The van der Waals surface area contributed by atoms with E-state index in [9.17, 15) is 14.7 Å². The van der Waals surface area contributed by atoms with Gasteiger partial charge >= 0.3 is 5.97 Å². The number of hydrogen-bond donors (Lipinski definition) is 1. The third-order valence-corrected chi connectivity index (χ3v) is 4.98. The molecule has 3 rings (SSSR count). The fourth-order valence-electron chi connectivity index (χ4n) is 2.35. The van der Waals surface area contributed by atoms with Gasteiger partial charge < -0.3 is 5.11 Å². The van der Waals surface area contributed by atoms with Crippen LogP contribution in [-0.4, -0.2) is 20.9 Å². The van der Waals surface area contributed by atoms with Crippen LogP contribution in [0.1, 0.15) is 16.1 Å². The van der Waals surface area contributed by atoms with Crippen LogP contribution >= 0.6 is 46.4 Å². The Morgan fingerprint density at radius 1 is 0.960 bits per heavy atom. The molecule has 0 atom stereocenters. The summed E-state index contributed by atoms with van der Waals surface area (Å²) in [5, 5.41) is 14.6. The molecular weight excluding hydrogens is 410 g/mol. The lowest BCUT2D eigenvalue weighted by atomic mass is 10.1. The molecule has 0 saturated heterocycles. The van der Waals surface area contributed by atoms with Crippen molar-refractivity contribution in [2.24, 2.45) is 0 Å². The Hall–Kier alpha value is -1.79. The van der Waals surface area contributed by atoms with Crippen molar-refractivity contribution in [2.75, 3.05) is 0 Å². The molecule has 0 saturated carbocycles. The molecule has 0 amide bonds. The van der Waals surface area contributed by atoms with Gasteiger partial charge in [0.2, 0.25) is 0 Å². The summed E-state index contributed by atoms with van der Waals surface area (Å²) in [5.74, 6) is -1.29. The first-order valence-electron chi connectivity index (χ1n) is 6.85. The molecule has 2 aromatic carbocycles. The summed E-state index contributed by atoms with van der Waals surface area (Å²) in [4.78, 5) is 24.2. The lowest BCUT2D eigenvalue weighted by Crippen LogP contribution is -2.26. The average Bonchev–Trinajstić information content (AvgIpc) is 2.55. The van der Waals surface area contributed by atoms with E-state index in [1.807, 2.05) is 0 Å². The van der Waals surface area contributed by atoms with Gasteiger partial charge in [0, 0.05) is 5.39 Å². The summed E-state index contributed by atoms with van der Waals surface area (Å²) in [6.45, 7) is 0.0200. The highest BCUT2D eigenvalue weighted by Crippen LogP contribution is 2.28. The van der Waals surface area contributed by atoms with E-state index in [0.29, 0.717) is 15.6 Å². The molecule has 0 fully saturated rings. The minimum absolute atomic E-state index is 0.0200. The van der Waals surface area contributed by atoms with Crippen LogP contribution in [0.3, 0.4) is 0 Å². The number of carboxylic acids is 1. The lowest BCUT2D eigenvalue weighted by molar-refractivity contribution is 0.0690. The standard InChI is InChI=1S/C16H8Cl4N2O3/c17-10-2-1-7(3-11(10)18)6-22-15(23)9-5-13(20)12(19)4-8(9)14(21-22)16(24)25/h1-5H,6H2,(H,24,25). The fourth-order valence-corrected chi connectivity index (χ4v) is 3.00. The summed E-state index contributed by atoms with van der Waals surface area (Å²) >= 11 is 23.7. The van der Waals surface area contributed by atoms with Crippen LogP contribution in [0, 0.1) is 0 Å². The van der Waals surface area contributed by atoms with Gasteiger partial charge in [0.05, 0.1) is 32.0 Å². The van der Waals surface area contributed by atoms with E-state index in [1.54, 1.807) is 18.2 Å². The second-order valence-corrected chi connectivity index (χ2v) is 6.81. The maximum Gasteiger partial charge on any atom is 0.357 e. The number of halogens is 4. The predicted octanol–water partition coefficient (Wildman–Crippen LogP) is 4.76. The Bertz CT molecular complexity index is 1080. The van der Waals surface area contributed by atoms with Gasteiger partial charge in [0.1, 0.15) is 0 Å². The largest absolute Gasteiger partial charge is 0.476 e. The van der Waals surface area contributed by atoms with Crippen molar-refractivity contribution < 1.29 is 9.90 Å². The fraction of sp³-hybridized carbons (Fsp3) is 0.0625. The molecule has 0 aliphatic heterocycles. The molecule has 9 heteroatoms. The molecule has 0 bridgehead atoms. The van der Waals surface area contributed by atoms with Crippen molar-refractivity contribution in [1.82, 2.24) is 9.78 Å². The smallest absolute Gasteiger partial charge is 0.357 e. The van der Waals surface area contributed by atoms with E-state index in [-0.39, 0.29) is 33.1 Å². The van der Waals surface area contributed by atoms with E-state index < -0.39 is 11.5 Å². The van der Waals surface area contributed by atoms with Gasteiger partial charge in [-0.15, -0.1) is 0 Å². The Labute approximate surface area is 161 Å². The van der Waals surface area contributed by atoms with Crippen LogP contribution in [0.15, 0.2) is 35.1 Å². The van der Waals surface area contributed by atoms with Crippen molar-refractivity contribution in [2.45, 2.75) is 6.54 Å². The Kier molecular flexibility index (Phi) is 4.93. The van der Waals surface area contributed by atoms with Crippen LogP contribution in [0.25, 0.3) is 10.8 Å². The quantitative estimate of drug-likeness (QED) is 0.666. The number of nitrogens with zero attached hydrogens (tertiary/aromatic N) is 2. The second kappa shape index (κ2) is 6.84. The second-order valence-electron chi connectivity index (χ2n) is 5.18. The van der Waals surface area contributed by atoms with Gasteiger partial charge in [-0.05, 0) is 29.8 Å². The minimum atomic E-state index is -1.29. The highest BCUT2D eigenvalue weighted by Gasteiger charge is 2.18. The zero-order chi connectivity index (χ0) is 18.3. The molecular formula is C16H8Cl4N2O3. The molecule has 25 heavy (non-hydrogen) atoms. The summed E-state index contributed by atoms with van der Waals surface area (Å²) in [5.41, 5.74) is -0.155. The van der Waals surface area contributed by atoms with Crippen molar-refractivity contribution in [3.05, 3.63) is 72.0 Å². The number of carboxylic acid groups (broad SMARTS) is 1. The Balaban J connectivity index is 2.23. The van der Waals surface area contributed by atoms with E-state index in [1.165, 1.54) is 12.1 Å². The van der Waals surface area contributed by atoms with Gasteiger partial charge in [0.25, 0.3) is 5.56 Å². The van der Waals surface area contributed by atoms with Crippen LogP contribution in [-0.2, 0) is 6.54 Å². The Morgan fingerprint density at radius 2 is 1.56 bits per heavy atom. The number of aromatic carboxylic acids is 1. The van der Waals surface area contributed by atoms with Gasteiger partial charge in [-0.2, -0.15) is 5.10 Å². The van der Waals surface area contributed by atoms with Gasteiger partial charge in [-0.25, -0.2) is 9.48 Å². The van der Waals surface area contributed by atoms with E-state index in [0.717, 1.165) is 4.68 Å². The Morgan fingerprint density at radius 3 is 2.16 bits per heavy atom. The van der Waals surface area contributed by atoms with E-state index >= 15 is 0 Å². The molecule has 1 aromatic heterocycles. The summed E-state index contributed by atoms with van der Waals surface area (Å²) in [6.07, 6.45) is 0. The van der Waals surface area contributed by atoms with E-state index in [2.05, 4.69) is 5.10 Å². The third kappa shape index (κ3) is 3.46. The molecule has 1 heterocycles. The molecule has 3 aromatic rings. The van der Waals surface area contributed by atoms with Crippen LogP contribution in [0.4, 0.5) is 0 Å². The van der Waals surface area contributed by atoms with Crippen LogP contribution in [0.5, 0.6) is 0 Å². The van der Waals surface area contributed by atoms with Crippen LogP contribution in [0.2, 0.25) is 20.1 Å². The summed E-state index contributed by atoms with van der Waals surface area (Å²) in [6, 6.07) is 7.49. The van der Waals surface area contributed by atoms with Gasteiger partial charge in [-0.1, -0.05) is 52.5 Å². The van der Waals surface area contributed by atoms with Gasteiger partial charge in [0.15, 0.2) is 5.69 Å². The van der Waals surface area contributed by atoms with Crippen molar-refractivity contribution in [1.29, 1.82) is 0 Å². The minimum Gasteiger partial charge on any atom is -0.476 e. The van der Waals surface area contributed by atoms with Gasteiger partial charge in [-0.3, -0.25) is 4.79 Å². The summed E-state index contributed by atoms with van der Waals surface area (Å²) < 4.78 is 1.04. The van der Waals surface area contributed by atoms with Crippen molar-refractivity contribution >= 4 is 63.1 Å². The summed E-state index contributed by atoms with van der Waals surface area (Å²) in [7, 11) is 0. The molecule has 5 nitrogen and oxygen atoms in total. The predicted molar refractivity (Wildman–Crippen MR) is 98.5 cm³/mol. The first-order valence-corrected chi connectivity index (χ1v) is 8.36. The number of carbonyl (C=O) groups is 1. The molecule has 0 spiro atoms. The molecule has 0 radical (unpaired) electrons. The highest BCUT2D eigenvalue weighted by atomic mass is 35.5. The first-order chi connectivity index (χ1) is 11.8. The maximum atomic E-state index is 12.7. The third-order valence-electron chi connectivity index (χ3n) is 3.52. The van der Waals surface area contributed by atoms with Crippen LogP contribution < -0.4 is 5.56 Å². The van der Waals surface area contributed by atoms with E-state index in [4.69, 9.17) is 46.4 Å². The van der Waals surface area contributed by atoms with Crippen molar-refractivity contribution in [3.8, 4) is 0 Å². The highest BCUT2D eigenvalue weighted by molar-refractivity contribution is 6.43. The monoisotopic (exact) mass is 416 g/mol. The maximum absolute atomic E-state index is 12.7. The molecule has 1 N–H and O–H groups in total. The number of fused-ring (bicyclic) bond motifs is 1.